The monoisotopic (exact) mass is 311 g/mol. The Kier molecular flexibility index (Phi) is 5.16. The second-order valence-corrected chi connectivity index (χ2v) is 6.57. The normalized spacial score (nSPS) is 24.6. The van der Waals surface area contributed by atoms with E-state index < -0.39 is 17.2 Å². The molecule has 1 unspecified atom stereocenters. The number of carbonyl (C=O) groups is 1. The maximum atomic E-state index is 13.8. The molecule has 1 saturated carbocycles. The number of benzene rings is 1. The fourth-order valence-corrected chi connectivity index (χ4v) is 2.95. The Bertz CT molecular complexity index is 537. The van der Waals surface area contributed by atoms with Crippen molar-refractivity contribution in [3.05, 3.63) is 35.4 Å². The number of hydrogen-bond donors (Lipinski definition) is 2. The molecule has 0 aliphatic heterocycles. The number of carbonyl (C=O) groups excluding carboxylic acids is 1. The van der Waals surface area contributed by atoms with Gasteiger partial charge in [0.1, 0.15) is 17.2 Å². The zero-order chi connectivity index (χ0) is 16.3. The molecule has 3 nitrogen and oxygen atoms in total. The minimum absolute atomic E-state index is 0.0218. The van der Waals surface area contributed by atoms with Crippen LogP contribution in [0.2, 0.25) is 0 Å². The lowest BCUT2D eigenvalue weighted by molar-refractivity contribution is -0.127. The fraction of sp³-hybridized carbons (Fsp3) is 0.588. The summed E-state index contributed by atoms with van der Waals surface area (Å²) in [5, 5.41) is 13.1. The van der Waals surface area contributed by atoms with Crippen molar-refractivity contribution in [2.45, 2.75) is 45.1 Å². The van der Waals surface area contributed by atoms with Crippen LogP contribution in [0.5, 0.6) is 0 Å². The van der Waals surface area contributed by atoms with E-state index in [1.165, 1.54) is 13.0 Å². The second kappa shape index (κ2) is 6.73. The lowest BCUT2D eigenvalue weighted by atomic mass is 9.82. The molecule has 0 bridgehead atoms. The van der Waals surface area contributed by atoms with Crippen LogP contribution in [0.3, 0.4) is 0 Å². The van der Waals surface area contributed by atoms with Gasteiger partial charge in [0.05, 0.1) is 6.54 Å². The van der Waals surface area contributed by atoms with Gasteiger partial charge in [-0.3, -0.25) is 4.79 Å². The number of hydrogen-bond acceptors (Lipinski definition) is 2. The third-order valence-corrected chi connectivity index (χ3v) is 4.50. The molecular formula is C17H23F2NO2. The van der Waals surface area contributed by atoms with Crippen LogP contribution in [0.15, 0.2) is 18.2 Å². The second-order valence-electron chi connectivity index (χ2n) is 6.57. The average Bonchev–Trinajstić information content (AvgIpc) is 2.45. The van der Waals surface area contributed by atoms with Crippen LogP contribution >= 0.6 is 0 Å². The van der Waals surface area contributed by atoms with E-state index in [0.29, 0.717) is 5.92 Å². The van der Waals surface area contributed by atoms with E-state index in [0.717, 1.165) is 37.8 Å². The Morgan fingerprint density at radius 2 is 1.95 bits per heavy atom. The van der Waals surface area contributed by atoms with Crippen LogP contribution in [-0.2, 0) is 10.4 Å². The van der Waals surface area contributed by atoms with Crippen molar-refractivity contribution >= 4 is 5.91 Å². The third-order valence-electron chi connectivity index (χ3n) is 4.50. The van der Waals surface area contributed by atoms with Crippen molar-refractivity contribution in [2.24, 2.45) is 11.8 Å². The Morgan fingerprint density at radius 1 is 1.32 bits per heavy atom. The first kappa shape index (κ1) is 16.9. The number of nitrogens with one attached hydrogen (secondary N) is 1. The van der Waals surface area contributed by atoms with Crippen LogP contribution < -0.4 is 5.32 Å². The lowest BCUT2D eigenvalue weighted by Crippen LogP contribution is -2.42. The molecule has 1 aliphatic rings. The first-order valence-corrected chi connectivity index (χ1v) is 7.75. The highest BCUT2D eigenvalue weighted by atomic mass is 19.1. The molecule has 1 aromatic carbocycles. The van der Waals surface area contributed by atoms with Crippen molar-refractivity contribution < 1.29 is 18.7 Å². The van der Waals surface area contributed by atoms with Gasteiger partial charge < -0.3 is 10.4 Å². The molecule has 1 aromatic rings. The summed E-state index contributed by atoms with van der Waals surface area (Å²) in [6.07, 6.45) is 3.75. The number of aliphatic hydroxyl groups is 1. The summed E-state index contributed by atoms with van der Waals surface area (Å²) in [4.78, 5) is 12.1. The Hall–Kier alpha value is -1.49. The van der Waals surface area contributed by atoms with E-state index in [2.05, 4.69) is 12.2 Å². The highest BCUT2D eigenvalue weighted by Crippen LogP contribution is 2.29. The number of amides is 1. The van der Waals surface area contributed by atoms with Crippen LogP contribution in [0.1, 0.15) is 45.1 Å². The zero-order valence-corrected chi connectivity index (χ0v) is 13.0. The molecule has 0 saturated heterocycles. The van der Waals surface area contributed by atoms with Gasteiger partial charge in [-0.1, -0.05) is 13.0 Å². The van der Waals surface area contributed by atoms with Gasteiger partial charge in [0.15, 0.2) is 0 Å². The van der Waals surface area contributed by atoms with E-state index in [9.17, 15) is 18.7 Å². The van der Waals surface area contributed by atoms with E-state index in [-0.39, 0.29) is 23.9 Å². The largest absolute Gasteiger partial charge is 0.383 e. The molecule has 0 radical (unpaired) electrons. The summed E-state index contributed by atoms with van der Waals surface area (Å²) in [6, 6.07) is 3.03. The topological polar surface area (TPSA) is 49.3 Å². The van der Waals surface area contributed by atoms with E-state index in [4.69, 9.17) is 0 Å². The first-order valence-electron chi connectivity index (χ1n) is 7.75. The molecule has 0 spiro atoms. The van der Waals surface area contributed by atoms with Gasteiger partial charge in [-0.05, 0) is 44.6 Å². The molecule has 1 atom stereocenters. The minimum Gasteiger partial charge on any atom is -0.383 e. The Balaban J connectivity index is 1.95. The predicted molar refractivity (Wildman–Crippen MR) is 80.1 cm³/mol. The molecule has 2 rings (SSSR count). The standard InChI is InChI=1S/C17H23F2NO2/c1-11-3-5-12(6-4-11)16(21)20-10-17(2,22)14-8-7-13(18)9-15(14)19/h7-9,11-12,22H,3-6,10H2,1-2H3,(H,20,21). The first-order chi connectivity index (χ1) is 10.3. The molecular weight excluding hydrogens is 288 g/mol. The zero-order valence-electron chi connectivity index (χ0n) is 13.0. The van der Waals surface area contributed by atoms with Crippen LogP contribution in [-0.4, -0.2) is 17.6 Å². The predicted octanol–water partition coefficient (Wildman–Crippen LogP) is 3.11. The average molecular weight is 311 g/mol. The summed E-state index contributed by atoms with van der Waals surface area (Å²) >= 11 is 0. The molecule has 1 fully saturated rings. The summed E-state index contributed by atoms with van der Waals surface area (Å²) in [5.74, 6) is -0.997. The molecule has 0 heterocycles. The lowest BCUT2D eigenvalue weighted by Gasteiger charge is -2.28. The van der Waals surface area contributed by atoms with Crippen LogP contribution in [0.25, 0.3) is 0 Å². The van der Waals surface area contributed by atoms with Crippen molar-refractivity contribution in [3.63, 3.8) is 0 Å². The van der Waals surface area contributed by atoms with Crippen molar-refractivity contribution in [2.75, 3.05) is 6.54 Å². The van der Waals surface area contributed by atoms with Gasteiger partial charge >= 0.3 is 0 Å². The van der Waals surface area contributed by atoms with Gasteiger partial charge in [0, 0.05) is 17.5 Å². The maximum Gasteiger partial charge on any atom is 0.223 e. The van der Waals surface area contributed by atoms with Gasteiger partial charge in [-0.2, -0.15) is 0 Å². The van der Waals surface area contributed by atoms with E-state index in [1.54, 1.807) is 0 Å². The van der Waals surface area contributed by atoms with Crippen molar-refractivity contribution in [1.82, 2.24) is 5.32 Å². The maximum absolute atomic E-state index is 13.8. The van der Waals surface area contributed by atoms with Gasteiger partial charge in [0.2, 0.25) is 5.91 Å². The molecule has 1 amide bonds. The van der Waals surface area contributed by atoms with Crippen LogP contribution in [0, 0.1) is 23.5 Å². The van der Waals surface area contributed by atoms with Gasteiger partial charge in [-0.25, -0.2) is 8.78 Å². The van der Waals surface area contributed by atoms with E-state index >= 15 is 0 Å². The van der Waals surface area contributed by atoms with Gasteiger partial charge in [-0.15, -0.1) is 0 Å². The summed E-state index contributed by atoms with van der Waals surface area (Å²) in [7, 11) is 0. The smallest absolute Gasteiger partial charge is 0.223 e. The summed E-state index contributed by atoms with van der Waals surface area (Å²) in [5.41, 5.74) is -1.60. The summed E-state index contributed by atoms with van der Waals surface area (Å²) < 4.78 is 26.7. The number of halogens is 2. The highest BCUT2D eigenvalue weighted by molar-refractivity contribution is 5.78. The Morgan fingerprint density at radius 3 is 2.55 bits per heavy atom. The molecule has 22 heavy (non-hydrogen) atoms. The Labute approximate surface area is 129 Å². The van der Waals surface area contributed by atoms with Crippen LogP contribution in [0.4, 0.5) is 8.78 Å². The quantitative estimate of drug-likeness (QED) is 0.897. The summed E-state index contributed by atoms with van der Waals surface area (Å²) in [6.45, 7) is 3.49. The molecule has 0 aromatic heterocycles. The SMILES string of the molecule is CC1CCC(C(=O)NCC(C)(O)c2ccc(F)cc2F)CC1. The molecule has 5 heteroatoms. The molecule has 2 N–H and O–H groups in total. The molecule has 122 valence electrons. The minimum atomic E-state index is -1.57. The van der Waals surface area contributed by atoms with Crippen molar-refractivity contribution in [3.8, 4) is 0 Å². The third kappa shape index (κ3) is 4.03. The van der Waals surface area contributed by atoms with Gasteiger partial charge in [0.25, 0.3) is 0 Å². The van der Waals surface area contributed by atoms with E-state index in [1.807, 2.05) is 0 Å². The molecule has 1 aliphatic carbocycles. The van der Waals surface area contributed by atoms with Crippen molar-refractivity contribution in [1.29, 1.82) is 0 Å². The highest BCUT2D eigenvalue weighted by Gasteiger charge is 2.30. The number of rotatable bonds is 4. The fourth-order valence-electron chi connectivity index (χ4n) is 2.95.